The van der Waals surface area contributed by atoms with E-state index in [1.807, 2.05) is 30.3 Å². The van der Waals surface area contributed by atoms with E-state index in [4.69, 9.17) is 5.73 Å². The van der Waals surface area contributed by atoms with E-state index >= 15 is 0 Å². The molecule has 0 spiro atoms. The van der Waals surface area contributed by atoms with E-state index in [1.165, 1.54) is 0 Å². The monoisotopic (exact) mass is 400 g/mol. The van der Waals surface area contributed by atoms with Gasteiger partial charge in [-0.1, -0.05) is 70.7 Å². The van der Waals surface area contributed by atoms with E-state index in [0.717, 1.165) is 22.3 Å². The molecule has 2 unspecified atom stereocenters. The molecule has 2 atom stereocenters. The van der Waals surface area contributed by atoms with Gasteiger partial charge in [0.2, 0.25) is 0 Å². The number of aromatic nitrogens is 1. The van der Waals surface area contributed by atoms with E-state index in [0.29, 0.717) is 16.9 Å². The second-order valence-corrected chi connectivity index (χ2v) is 7.74. The molecule has 1 aromatic heterocycles. The Labute approximate surface area is 162 Å². The second-order valence-electron chi connectivity index (χ2n) is 5.95. The molecule has 2 N–H and O–H groups in total. The number of nitrogens with two attached hydrogens (primary N) is 1. The highest BCUT2D eigenvalue weighted by Crippen LogP contribution is 2.30. The summed E-state index contributed by atoms with van der Waals surface area (Å²) in [4.78, 5) is 4.25. The summed E-state index contributed by atoms with van der Waals surface area (Å²) in [5.74, 6) is 0.317. The van der Waals surface area contributed by atoms with E-state index in [2.05, 4.69) is 4.98 Å². The van der Waals surface area contributed by atoms with Gasteiger partial charge in [0.25, 0.3) is 0 Å². The van der Waals surface area contributed by atoms with Crippen molar-refractivity contribution in [2.75, 3.05) is 5.73 Å². The van der Waals surface area contributed by atoms with Crippen LogP contribution in [0.25, 0.3) is 22.3 Å². The molecular formula is C19H16N2O4S2-2. The first-order chi connectivity index (χ1) is 12.9. The van der Waals surface area contributed by atoms with Crippen molar-refractivity contribution in [3.05, 3.63) is 71.9 Å². The van der Waals surface area contributed by atoms with Crippen LogP contribution < -0.4 is 5.73 Å². The zero-order valence-electron chi connectivity index (χ0n) is 14.2. The number of hydrogen-bond acceptors (Lipinski definition) is 6. The molecule has 1 heterocycles. The van der Waals surface area contributed by atoms with Crippen molar-refractivity contribution in [1.82, 2.24) is 4.98 Å². The van der Waals surface area contributed by atoms with Gasteiger partial charge in [-0.15, -0.1) is 0 Å². The molecule has 0 saturated carbocycles. The summed E-state index contributed by atoms with van der Waals surface area (Å²) in [5.41, 5.74) is 10.7. The second kappa shape index (κ2) is 8.53. The topological polar surface area (TPSA) is 119 Å². The largest absolute Gasteiger partial charge is 0.772 e. The lowest BCUT2D eigenvalue weighted by atomic mass is 10.00. The van der Waals surface area contributed by atoms with Gasteiger partial charge in [-0.2, -0.15) is 0 Å². The molecule has 0 saturated heterocycles. The van der Waals surface area contributed by atoms with E-state index in [1.54, 1.807) is 30.5 Å². The molecule has 0 aliphatic heterocycles. The van der Waals surface area contributed by atoms with Crippen LogP contribution in [0.3, 0.4) is 0 Å². The quantitative estimate of drug-likeness (QED) is 0.635. The molecule has 0 aliphatic carbocycles. The Bertz CT molecular complexity index is 990. The smallest absolute Gasteiger partial charge is 0.131 e. The molecule has 27 heavy (non-hydrogen) atoms. The number of pyridine rings is 1. The van der Waals surface area contributed by atoms with E-state index in [9.17, 15) is 17.5 Å². The summed E-state index contributed by atoms with van der Waals surface area (Å²) in [6.07, 6.45) is 1.66. The fourth-order valence-electron chi connectivity index (χ4n) is 2.71. The predicted octanol–water partition coefficient (Wildman–Crippen LogP) is 2.76. The first kappa shape index (κ1) is 19.4. The van der Waals surface area contributed by atoms with Crippen molar-refractivity contribution in [3.8, 4) is 22.3 Å². The van der Waals surface area contributed by atoms with Gasteiger partial charge in [0, 0.05) is 28.8 Å². The summed E-state index contributed by atoms with van der Waals surface area (Å²) >= 11 is -4.26. The third-order valence-electron chi connectivity index (χ3n) is 4.04. The maximum Gasteiger partial charge on any atom is 0.131 e. The van der Waals surface area contributed by atoms with Crippen molar-refractivity contribution in [2.24, 2.45) is 0 Å². The summed E-state index contributed by atoms with van der Waals surface area (Å²) < 4.78 is 43.2. The maximum absolute atomic E-state index is 10.8. The minimum absolute atomic E-state index is 0.0218. The Balaban J connectivity index is 1.90. The van der Waals surface area contributed by atoms with Gasteiger partial charge >= 0.3 is 0 Å². The number of nitrogen functional groups attached to an aromatic ring is 1. The molecule has 0 fully saturated rings. The fourth-order valence-corrected chi connectivity index (χ4v) is 3.64. The number of benzene rings is 2. The molecule has 8 heteroatoms. The number of rotatable bonds is 6. The third kappa shape index (κ3) is 5.08. The average Bonchev–Trinajstić information content (AvgIpc) is 2.63. The first-order valence-electron chi connectivity index (χ1n) is 7.98. The van der Waals surface area contributed by atoms with E-state index < -0.39 is 22.2 Å². The standard InChI is InChI=1S/C19H18N2O4S2/c20-19-18(16-7-3-14(4-8-16)12-27(24)25)9-17(10-21-19)15-5-1-13(2-6-15)11-26(22)23/h1-10H,11-12H2,(H2,20,21)(H,22,23)(H,24,25)/p-2. The normalized spacial score (nSPS) is 13.3. The van der Waals surface area contributed by atoms with E-state index in [-0.39, 0.29) is 11.5 Å². The average molecular weight is 400 g/mol. The van der Waals surface area contributed by atoms with Crippen LogP contribution in [0.5, 0.6) is 0 Å². The van der Waals surface area contributed by atoms with Crippen molar-refractivity contribution in [2.45, 2.75) is 11.5 Å². The van der Waals surface area contributed by atoms with Crippen LogP contribution in [0, 0.1) is 0 Å². The Morgan fingerprint density at radius 1 is 0.778 bits per heavy atom. The van der Waals surface area contributed by atoms with Gasteiger partial charge in [-0.25, -0.2) is 4.98 Å². The lowest BCUT2D eigenvalue weighted by Gasteiger charge is -2.11. The molecule has 0 bridgehead atoms. The molecule has 140 valence electrons. The summed E-state index contributed by atoms with van der Waals surface area (Å²) in [7, 11) is 0. The molecule has 3 aromatic rings. The fraction of sp³-hybridized carbons (Fsp3) is 0.105. The van der Waals surface area contributed by atoms with Crippen molar-refractivity contribution in [1.29, 1.82) is 0 Å². The molecule has 6 nitrogen and oxygen atoms in total. The maximum atomic E-state index is 10.8. The Morgan fingerprint density at radius 2 is 1.26 bits per heavy atom. The molecule has 2 aromatic carbocycles. The molecule has 0 amide bonds. The molecular weight excluding hydrogens is 384 g/mol. The summed E-state index contributed by atoms with van der Waals surface area (Å²) in [6, 6.07) is 16.2. The van der Waals surface area contributed by atoms with Gasteiger partial charge in [0.1, 0.15) is 5.82 Å². The number of nitrogens with zero attached hydrogens (tertiary/aromatic N) is 1. The SMILES string of the molecule is Nc1ncc(-c2ccc(CS(=O)[O-])cc2)cc1-c1ccc(CS(=O)[O-])cc1. The lowest BCUT2D eigenvalue weighted by molar-refractivity contribution is 0.534. The third-order valence-corrected chi connectivity index (χ3v) is 5.18. The van der Waals surface area contributed by atoms with Crippen LogP contribution in [0.1, 0.15) is 11.1 Å². The molecule has 0 aliphatic rings. The summed E-state index contributed by atoms with van der Waals surface area (Å²) in [5, 5.41) is 0. The Hall–Kier alpha value is -2.39. The molecule has 0 radical (unpaired) electrons. The zero-order chi connectivity index (χ0) is 19.4. The Kier molecular flexibility index (Phi) is 6.12. The van der Waals surface area contributed by atoms with Crippen LogP contribution in [0.15, 0.2) is 60.8 Å². The Morgan fingerprint density at radius 3 is 1.74 bits per heavy atom. The van der Waals surface area contributed by atoms with Crippen molar-refractivity contribution < 1.29 is 17.5 Å². The van der Waals surface area contributed by atoms with Crippen LogP contribution >= 0.6 is 0 Å². The summed E-state index contributed by atoms with van der Waals surface area (Å²) in [6.45, 7) is 0. The van der Waals surface area contributed by atoms with Crippen LogP contribution in [-0.4, -0.2) is 22.5 Å². The van der Waals surface area contributed by atoms with Crippen molar-refractivity contribution >= 4 is 28.0 Å². The van der Waals surface area contributed by atoms with Gasteiger partial charge in [-0.05, 0) is 28.3 Å². The highest BCUT2D eigenvalue weighted by Gasteiger charge is 2.08. The lowest BCUT2D eigenvalue weighted by Crippen LogP contribution is -1.97. The molecule has 3 rings (SSSR count). The van der Waals surface area contributed by atoms with Gasteiger partial charge < -0.3 is 14.8 Å². The highest BCUT2D eigenvalue weighted by molar-refractivity contribution is 7.78. The van der Waals surface area contributed by atoms with Crippen molar-refractivity contribution in [3.63, 3.8) is 0 Å². The van der Waals surface area contributed by atoms with Gasteiger partial charge in [0.15, 0.2) is 0 Å². The van der Waals surface area contributed by atoms with Crippen LogP contribution in [-0.2, 0) is 33.7 Å². The zero-order valence-corrected chi connectivity index (χ0v) is 15.8. The highest BCUT2D eigenvalue weighted by atomic mass is 32.2. The minimum atomic E-state index is -2.13. The minimum Gasteiger partial charge on any atom is -0.772 e. The first-order valence-corrected chi connectivity index (χ1v) is 10.5. The number of hydrogen-bond donors (Lipinski definition) is 1. The van der Waals surface area contributed by atoms with Gasteiger partial charge in [0.05, 0.1) is 0 Å². The van der Waals surface area contributed by atoms with Crippen LogP contribution in [0.4, 0.5) is 5.82 Å². The van der Waals surface area contributed by atoms with Crippen LogP contribution in [0.2, 0.25) is 0 Å². The number of anilines is 1. The van der Waals surface area contributed by atoms with Gasteiger partial charge in [-0.3, -0.25) is 8.42 Å². The predicted molar refractivity (Wildman–Crippen MR) is 105 cm³/mol.